The van der Waals surface area contributed by atoms with Gasteiger partial charge in [0.2, 0.25) is 0 Å². The lowest BCUT2D eigenvalue weighted by Gasteiger charge is -2.36. The van der Waals surface area contributed by atoms with E-state index >= 15 is 0 Å². The first-order valence-corrected chi connectivity index (χ1v) is 4.09. The average Bonchev–Trinajstić information content (AvgIpc) is 1.87. The second kappa shape index (κ2) is 2.89. The van der Waals surface area contributed by atoms with Crippen molar-refractivity contribution < 1.29 is 5.11 Å². The molecule has 0 heterocycles. The molecule has 1 rings (SSSR count). The molecule has 0 amide bonds. The fraction of sp³-hybridized carbons (Fsp3) is 1.00. The Labute approximate surface area is 62.4 Å². The Morgan fingerprint density at radius 2 is 2.30 bits per heavy atom. The Hall–Kier alpha value is -0.0800. The number of rotatable bonds is 1. The molecule has 0 aromatic carbocycles. The van der Waals surface area contributed by atoms with Crippen LogP contribution < -0.4 is 5.73 Å². The van der Waals surface area contributed by atoms with Crippen LogP contribution in [0.1, 0.15) is 32.6 Å². The second-order valence-corrected chi connectivity index (χ2v) is 3.54. The highest BCUT2D eigenvalue weighted by molar-refractivity contribution is 4.86. The van der Waals surface area contributed by atoms with Crippen molar-refractivity contribution in [1.29, 1.82) is 0 Å². The Morgan fingerprint density at radius 3 is 2.70 bits per heavy atom. The summed E-state index contributed by atoms with van der Waals surface area (Å²) < 4.78 is 0. The molecule has 10 heavy (non-hydrogen) atoms. The summed E-state index contributed by atoms with van der Waals surface area (Å²) in [7, 11) is 0. The van der Waals surface area contributed by atoms with Crippen LogP contribution in [-0.4, -0.2) is 17.3 Å². The highest BCUT2D eigenvalue weighted by atomic mass is 16.3. The first kappa shape index (κ1) is 8.02. The van der Waals surface area contributed by atoms with Gasteiger partial charge in [-0.05, 0) is 32.2 Å². The Morgan fingerprint density at radius 1 is 1.60 bits per heavy atom. The summed E-state index contributed by atoms with van der Waals surface area (Å²) in [5.74, 6) is 0.334. The van der Waals surface area contributed by atoms with Crippen LogP contribution in [0.3, 0.4) is 0 Å². The molecule has 0 spiro atoms. The van der Waals surface area contributed by atoms with Gasteiger partial charge in [-0.3, -0.25) is 0 Å². The van der Waals surface area contributed by atoms with Crippen molar-refractivity contribution in [2.75, 3.05) is 6.54 Å². The zero-order chi connectivity index (χ0) is 7.61. The lowest BCUT2D eigenvalue weighted by Crippen LogP contribution is -2.41. The van der Waals surface area contributed by atoms with Crippen molar-refractivity contribution in [2.45, 2.75) is 38.2 Å². The topological polar surface area (TPSA) is 46.2 Å². The van der Waals surface area contributed by atoms with Gasteiger partial charge in [-0.15, -0.1) is 0 Å². The van der Waals surface area contributed by atoms with Gasteiger partial charge in [-0.25, -0.2) is 0 Å². The third kappa shape index (κ3) is 1.50. The first-order valence-electron chi connectivity index (χ1n) is 4.09. The molecule has 1 unspecified atom stereocenters. The molecule has 1 fully saturated rings. The molecule has 2 nitrogen and oxygen atoms in total. The molecule has 0 saturated heterocycles. The fourth-order valence-corrected chi connectivity index (χ4v) is 1.76. The maximum Gasteiger partial charge on any atom is 0.0659 e. The average molecular weight is 143 g/mol. The molecule has 60 valence electrons. The monoisotopic (exact) mass is 143 g/mol. The molecule has 2 atom stereocenters. The number of hydrogen-bond donors (Lipinski definition) is 2. The van der Waals surface area contributed by atoms with Crippen molar-refractivity contribution >= 4 is 0 Å². The van der Waals surface area contributed by atoms with Gasteiger partial charge >= 0.3 is 0 Å². The van der Waals surface area contributed by atoms with Crippen molar-refractivity contribution in [2.24, 2.45) is 11.7 Å². The van der Waals surface area contributed by atoms with E-state index in [4.69, 9.17) is 5.73 Å². The molecule has 0 aromatic heterocycles. The quantitative estimate of drug-likeness (QED) is 0.572. The van der Waals surface area contributed by atoms with E-state index in [0.29, 0.717) is 12.5 Å². The molecule has 1 aliphatic carbocycles. The SMILES string of the molecule is C[C@]1(O)CCCCC1CN. The maximum atomic E-state index is 9.75. The van der Waals surface area contributed by atoms with Crippen LogP contribution in [0.15, 0.2) is 0 Å². The summed E-state index contributed by atoms with van der Waals surface area (Å²) in [4.78, 5) is 0. The first-order chi connectivity index (χ1) is 4.67. The predicted octanol–water partition coefficient (Wildman–Crippen LogP) is 0.886. The third-order valence-electron chi connectivity index (χ3n) is 2.65. The Balaban J connectivity index is 2.51. The minimum atomic E-state index is -0.479. The van der Waals surface area contributed by atoms with Gasteiger partial charge in [0.05, 0.1) is 5.60 Å². The standard InChI is InChI=1S/C8H17NO/c1-8(10)5-3-2-4-7(8)6-9/h7,10H,2-6,9H2,1H3/t7?,8-/m0/s1. The summed E-state index contributed by atoms with van der Waals surface area (Å²) in [6.45, 7) is 2.54. The van der Waals surface area contributed by atoms with Gasteiger partial charge in [0.15, 0.2) is 0 Å². The summed E-state index contributed by atoms with van der Waals surface area (Å²) in [5.41, 5.74) is 5.04. The van der Waals surface area contributed by atoms with Gasteiger partial charge in [0, 0.05) is 0 Å². The molecular weight excluding hydrogens is 126 g/mol. The fourth-order valence-electron chi connectivity index (χ4n) is 1.76. The Bertz CT molecular complexity index is 112. The molecule has 1 aliphatic rings. The normalized spacial score (nSPS) is 41.7. The second-order valence-electron chi connectivity index (χ2n) is 3.54. The summed E-state index contributed by atoms with van der Waals surface area (Å²) in [6, 6.07) is 0. The molecule has 0 radical (unpaired) electrons. The lowest BCUT2D eigenvalue weighted by molar-refractivity contribution is -0.0277. The molecular formula is C8H17NO. The van der Waals surface area contributed by atoms with E-state index in [0.717, 1.165) is 19.3 Å². The predicted molar refractivity (Wildman–Crippen MR) is 41.6 cm³/mol. The van der Waals surface area contributed by atoms with Crippen molar-refractivity contribution in [3.05, 3.63) is 0 Å². The van der Waals surface area contributed by atoms with Crippen molar-refractivity contribution in [3.63, 3.8) is 0 Å². The summed E-state index contributed by atoms with van der Waals surface area (Å²) in [5, 5.41) is 9.75. The van der Waals surface area contributed by atoms with Gasteiger partial charge in [-0.1, -0.05) is 12.8 Å². The van der Waals surface area contributed by atoms with E-state index in [2.05, 4.69) is 0 Å². The summed E-state index contributed by atoms with van der Waals surface area (Å²) >= 11 is 0. The van der Waals surface area contributed by atoms with E-state index in [9.17, 15) is 5.11 Å². The van der Waals surface area contributed by atoms with Crippen LogP contribution >= 0.6 is 0 Å². The summed E-state index contributed by atoms with van der Waals surface area (Å²) in [6.07, 6.45) is 4.42. The Kier molecular flexibility index (Phi) is 2.32. The van der Waals surface area contributed by atoms with E-state index in [-0.39, 0.29) is 0 Å². The van der Waals surface area contributed by atoms with E-state index < -0.39 is 5.60 Å². The largest absolute Gasteiger partial charge is 0.390 e. The van der Waals surface area contributed by atoms with Crippen LogP contribution in [0.5, 0.6) is 0 Å². The molecule has 3 N–H and O–H groups in total. The molecule has 0 aromatic rings. The van der Waals surface area contributed by atoms with Crippen LogP contribution in [-0.2, 0) is 0 Å². The van der Waals surface area contributed by atoms with Crippen LogP contribution in [0, 0.1) is 5.92 Å². The zero-order valence-electron chi connectivity index (χ0n) is 6.64. The van der Waals surface area contributed by atoms with Gasteiger partial charge in [-0.2, -0.15) is 0 Å². The minimum Gasteiger partial charge on any atom is -0.390 e. The third-order valence-corrected chi connectivity index (χ3v) is 2.65. The van der Waals surface area contributed by atoms with Gasteiger partial charge in [0.1, 0.15) is 0 Å². The van der Waals surface area contributed by atoms with Crippen molar-refractivity contribution in [1.82, 2.24) is 0 Å². The van der Waals surface area contributed by atoms with E-state index in [1.165, 1.54) is 6.42 Å². The number of aliphatic hydroxyl groups is 1. The van der Waals surface area contributed by atoms with Crippen LogP contribution in [0.2, 0.25) is 0 Å². The van der Waals surface area contributed by atoms with Gasteiger partial charge in [0.25, 0.3) is 0 Å². The van der Waals surface area contributed by atoms with Crippen LogP contribution in [0.25, 0.3) is 0 Å². The van der Waals surface area contributed by atoms with E-state index in [1.54, 1.807) is 0 Å². The maximum absolute atomic E-state index is 9.75. The molecule has 0 aliphatic heterocycles. The van der Waals surface area contributed by atoms with Crippen molar-refractivity contribution in [3.8, 4) is 0 Å². The number of hydrogen-bond acceptors (Lipinski definition) is 2. The number of nitrogens with two attached hydrogens (primary N) is 1. The van der Waals surface area contributed by atoms with Gasteiger partial charge < -0.3 is 10.8 Å². The smallest absolute Gasteiger partial charge is 0.0659 e. The minimum absolute atomic E-state index is 0.334. The highest BCUT2D eigenvalue weighted by Gasteiger charge is 2.32. The lowest BCUT2D eigenvalue weighted by atomic mass is 9.77. The molecule has 2 heteroatoms. The molecule has 0 bridgehead atoms. The zero-order valence-corrected chi connectivity index (χ0v) is 6.64. The highest BCUT2D eigenvalue weighted by Crippen LogP contribution is 2.32. The van der Waals surface area contributed by atoms with E-state index in [1.807, 2.05) is 6.92 Å². The molecule has 1 saturated carbocycles. The van der Waals surface area contributed by atoms with Crippen LogP contribution in [0.4, 0.5) is 0 Å².